The first-order chi connectivity index (χ1) is 18.7. The molecule has 0 saturated carbocycles. The molecule has 1 heterocycles. The number of aromatic nitrogens is 3. The summed E-state index contributed by atoms with van der Waals surface area (Å²) in [6, 6.07) is 23.6. The molecule has 3 aromatic carbocycles. The van der Waals surface area contributed by atoms with Crippen molar-refractivity contribution in [2.75, 3.05) is 6.61 Å². The summed E-state index contributed by atoms with van der Waals surface area (Å²) in [5, 5.41) is 11.2. The van der Waals surface area contributed by atoms with Crippen LogP contribution in [-0.4, -0.2) is 26.7 Å². The van der Waals surface area contributed by atoms with Crippen LogP contribution in [0.1, 0.15) is 70.8 Å². The third kappa shape index (κ3) is 7.41. The molecule has 0 aliphatic heterocycles. The van der Waals surface area contributed by atoms with Gasteiger partial charge in [0.2, 0.25) is 0 Å². The molecule has 0 spiro atoms. The highest BCUT2D eigenvalue weighted by atomic mass is 16.5. The summed E-state index contributed by atoms with van der Waals surface area (Å²) >= 11 is 0. The van der Waals surface area contributed by atoms with E-state index < -0.39 is 0 Å². The van der Waals surface area contributed by atoms with E-state index in [1.165, 1.54) is 32.1 Å². The van der Waals surface area contributed by atoms with E-state index in [9.17, 15) is 5.11 Å². The zero-order chi connectivity index (χ0) is 26.6. The molecule has 0 bridgehead atoms. The Bertz CT molecular complexity index is 1220. The molecule has 198 valence electrons. The number of nitrogens with zero attached hydrogens (tertiary/aromatic N) is 3. The molecule has 5 heteroatoms. The molecular formula is C33H39N3O2. The van der Waals surface area contributed by atoms with E-state index in [1.54, 1.807) is 6.07 Å². The fraction of sp³-hybridized carbons (Fsp3) is 0.364. The lowest BCUT2D eigenvalue weighted by atomic mass is 10.0. The molecule has 38 heavy (non-hydrogen) atoms. The first kappa shape index (κ1) is 27.3. The highest BCUT2D eigenvalue weighted by Crippen LogP contribution is 2.36. The third-order valence-electron chi connectivity index (χ3n) is 6.67. The molecule has 4 rings (SSSR count). The molecule has 0 aliphatic carbocycles. The first-order valence-corrected chi connectivity index (χ1v) is 14.1. The van der Waals surface area contributed by atoms with Crippen molar-refractivity contribution in [3.05, 3.63) is 78.4 Å². The minimum Gasteiger partial charge on any atom is -0.507 e. The highest BCUT2D eigenvalue weighted by Gasteiger charge is 2.18. The van der Waals surface area contributed by atoms with Gasteiger partial charge in [0.25, 0.3) is 0 Å². The summed E-state index contributed by atoms with van der Waals surface area (Å²) < 4.78 is 6.19. The molecule has 0 saturated heterocycles. The maximum absolute atomic E-state index is 11.2. The van der Waals surface area contributed by atoms with E-state index in [2.05, 4.69) is 13.8 Å². The number of phenolic OH excluding ortho intramolecular Hbond substituents is 1. The van der Waals surface area contributed by atoms with Gasteiger partial charge in [0.15, 0.2) is 17.5 Å². The number of rotatable bonds is 14. The van der Waals surface area contributed by atoms with E-state index in [0.717, 1.165) is 48.1 Å². The second kappa shape index (κ2) is 14.3. The predicted octanol–water partition coefficient (Wildman–Crippen LogP) is 8.66. The molecule has 1 N–H and O–H groups in total. The van der Waals surface area contributed by atoms with E-state index in [-0.39, 0.29) is 5.75 Å². The van der Waals surface area contributed by atoms with Crippen molar-refractivity contribution in [1.29, 1.82) is 0 Å². The standard InChI is InChI=1S/C33H39N3O2/c1-3-5-7-11-21-27-23-28(29(37)24-30(27)38-22-16-8-6-4-2)33-35-31(25-17-12-9-13-18-25)34-32(36-33)26-19-14-10-15-20-26/h9-10,12-15,17-20,23-24,37H,3-8,11,16,21-22H2,1-2H3. The second-order valence-corrected chi connectivity index (χ2v) is 9.74. The van der Waals surface area contributed by atoms with Crippen LogP contribution in [0, 0.1) is 0 Å². The molecule has 0 aliphatic rings. The van der Waals surface area contributed by atoms with Gasteiger partial charge in [-0.1, -0.05) is 113 Å². The average Bonchev–Trinajstić information content (AvgIpc) is 2.96. The van der Waals surface area contributed by atoms with Crippen molar-refractivity contribution in [3.8, 4) is 45.7 Å². The van der Waals surface area contributed by atoms with Crippen LogP contribution in [-0.2, 0) is 6.42 Å². The Morgan fingerprint density at radius 1 is 0.632 bits per heavy atom. The van der Waals surface area contributed by atoms with Gasteiger partial charge in [-0.05, 0) is 30.9 Å². The van der Waals surface area contributed by atoms with Crippen LogP contribution in [0.4, 0.5) is 0 Å². The second-order valence-electron chi connectivity index (χ2n) is 9.74. The van der Waals surface area contributed by atoms with Gasteiger partial charge < -0.3 is 9.84 Å². The van der Waals surface area contributed by atoms with Gasteiger partial charge in [-0.25, -0.2) is 15.0 Å². The Kier molecular flexibility index (Phi) is 10.3. The minimum absolute atomic E-state index is 0.120. The minimum atomic E-state index is 0.120. The van der Waals surface area contributed by atoms with Gasteiger partial charge in [-0.3, -0.25) is 0 Å². The largest absolute Gasteiger partial charge is 0.507 e. The highest BCUT2D eigenvalue weighted by molar-refractivity contribution is 5.71. The normalized spacial score (nSPS) is 11.0. The summed E-state index contributed by atoms with van der Waals surface area (Å²) in [7, 11) is 0. The van der Waals surface area contributed by atoms with E-state index in [4.69, 9.17) is 19.7 Å². The number of aromatic hydroxyl groups is 1. The number of hydrogen-bond acceptors (Lipinski definition) is 5. The molecule has 4 aromatic rings. The molecule has 0 radical (unpaired) electrons. The van der Waals surface area contributed by atoms with Gasteiger partial charge in [0, 0.05) is 17.2 Å². The summed E-state index contributed by atoms with van der Waals surface area (Å²) in [5.74, 6) is 2.50. The topological polar surface area (TPSA) is 68.1 Å². The number of ether oxygens (including phenoxy) is 1. The summed E-state index contributed by atoms with van der Waals surface area (Å²) in [4.78, 5) is 14.4. The van der Waals surface area contributed by atoms with Crippen LogP contribution in [0.15, 0.2) is 72.8 Å². The lowest BCUT2D eigenvalue weighted by Crippen LogP contribution is -2.03. The fourth-order valence-electron chi connectivity index (χ4n) is 4.50. The van der Waals surface area contributed by atoms with Gasteiger partial charge in [-0.2, -0.15) is 0 Å². The number of unbranched alkanes of at least 4 members (excludes halogenated alkanes) is 6. The van der Waals surface area contributed by atoms with Crippen molar-refractivity contribution in [2.24, 2.45) is 0 Å². The van der Waals surface area contributed by atoms with E-state index in [0.29, 0.717) is 29.6 Å². The van der Waals surface area contributed by atoms with E-state index >= 15 is 0 Å². The lowest BCUT2D eigenvalue weighted by molar-refractivity contribution is 0.300. The Labute approximate surface area is 227 Å². The van der Waals surface area contributed by atoms with Crippen LogP contribution in [0.5, 0.6) is 11.5 Å². The molecule has 0 fully saturated rings. The van der Waals surface area contributed by atoms with Crippen molar-refractivity contribution in [2.45, 2.75) is 71.6 Å². The maximum Gasteiger partial charge on any atom is 0.167 e. The number of hydrogen-bond donors (Lipinski definition) is 1. The Balaban J connectivity index is 1.73. The zero-order valence-electron chi connectivity index (χ0n) is 22.7. The van der Waals surface area contributed by atoms with Crippen LogP contribution < -0.4 is 4.74 Å². The van der Waals surface area contributed by atoms with Crippen LogP contribution in [0.25, 0.3) is 34.2 Å². The molecule has 0 unspecified atom stereocenters. The molecular weight excluding hydrogens is 470 g/mol. The van der Waals surface area contributed by atoms with E-state index in [1.807, 2.05) is 66.7 Å². The summed E-state index contributed by atoms with van der Waals surface area (Å²) in [6.45, 7) is 5.08. The van der Waals surface area contributed by atoms with Crippen LogP contribution >= 0.6 is 0 Å². The maximum atomic E-state index is 11.2. The Hall–Kier alpha value is -3.73. The average molecular weight is 510 g/mol. The molecule has 5 nitrogen and oxygen atoms in total. The van der Waals surface area contributed by atoms with Crippen molar-refractivity contribution < 1.29 is 9.84 Å². The first-order valence-electron chi connectivity index (χ1n) is 14.1. The smallest absolute Gasteiger partial charge is 0.167 e. The predicted molar refractivity (Wildman–Crippen MR) is 155 cm³/mol. The van der Waals surface area contributed by atoms with Gasteiger partial charge in [-0.15, -0.1) is 0 Å². The monoisotopic (exact) mass is 509 g/mol. The quantitative estimate of drug-likeness (QED) is 0.172. The zero-order valence-corrected chi connectivity index (χ0v) is 22.7. The van der Waals surface area contributed by atoms with Crippen LogP contribution in [0.2, 0.25) is 0 Å². The SMILES string of the molecule is CCCCCCOc1cc(O)c(-c2nc(-c3ccccc3)nc(-c3ccccc3)n2)cc1CCCCCC. The van der Waals surface area contributed by atoms with Gasteiger partial charge in [0.05, 0.1) is 12.2 Å². The van der Waals surface area contributed by atoms with Crippen LogP contribution in [0.3, 0.4) is 0 Å². The Morgan fingerprint density at radius 2 is 1.18 bits per heavy atom. The fourth-order valence-corrected chi connectivity index (χ4v) is 4.50. The number of aryl methyl sites for hydroxylation is 1. The lowest BCUT2D eigenvalue weighted by Gasteiger charge is -2.15. The molecule has 1 aromatic heterocycles. The summed E-state index contributed by atoms with van der Waals surface area (Å²) in [6.07, 6.45) is 10.1. The molecule has 0 atom stereocenters. The van der Waals surface area contributed by atoms with Crippen molar-refractivity contribution in [3.63, 3.8) is 0 Å². The molecule has 0 amide bonds. The van der Waals surface area contributed by atoms with Gasteiger partial charge in [0.1, 0.15) is 11.5 Å². The van der Waals surface area contributed by atoms with Crippen molar-refractivity contribution in [1.82, 2.24) is 15.0 Å². The third-order valence-corrected chi connectivity index (χ3v) is 6.67. The number of benzene rings is 3. The number of phenols is 1. The Morgan fingerprint density at radius 3 is 1.76 bits per heavy atom. The van der Waals surface area contributed by atoms with Gasteiger partial charge >= 0.3 is 0 Å². The van der Waals surface area contributed by atoms with Crippen molar-refractivity contribution >= 4 is 0 Å². The summed E-state index contributed by atoms with van der Waals surface area (Å²) in [5.41, 5.74) is 3.50.